The predicted octanol–water partition coefficient (Wildman–Crippen LogP) is 4.40. The van der Waals surface area contributed by atoms with Crippen molar-refractivity contribution in [2.45, 2.75) is 19.9 Å². The second-order valence-corrected chi connectivity index (χ2v) is 6.63. The fourth-order valence-electron chi connectivity index (χ4n) is 3.01. The van der Waals surface area contributed by atoms with E-state index in [1.807, 2.05) is 4.68 Å². The van der Waals surface area contributed by atoms with Crippen LogP contribution in [0.2, 0.25) is 0 Å². The number of hydrogen-bond acceptors (Lipinski definition) is 3. The Hall–Kier alpha value is -2.33. The third-order valence-corrected chi connectivity index (χ3v) is 5.07. The summed E-state index contributed by atoms with van der Waals surface area (Å²) in [6, 6.07) is 10.6. The number of aryl methyl sites for hydroxylation is 1. The van der Waals surface area contributed by atoms with Crippen molar-refractivity contribution in [3.05, 3.63) is 70.2 Å². The van der Waals surface area contributed by atoms with E-state index in [4.69, 9.17) is 0 Å². The zero-order chi connectivity index (χ0) is 15.3. The van der Waals surface area contributed by atoms with Gasteiger partial charge in [-0.2, -0.15) is 5.10 Å². The number of fused-ring (bicyclic) bond motifs is 3. The maximum Gasteiger partial charge on any atom is 0.136 e. The molecule has 3 aromatic rings. The molecule has 0 atom stereocenters. The average Bonchev–Trinajstić information content (AvgIpc) is 3.13. The van der Waals surface area contributed by atoms with Crippen LogP contribution in [0, 0.1) is 6.92 Å². The zero-order valence-electron chi connectivity index (χ0n) is 12.3. The normalized spacial score (nSPS) is 12.2. The van der Waals surface area contributed by atoms with Crippen LogP contribution in [-0.2, 0) is 13.0 Å². The Morgan fingerprint density at radius 3 is 2.82 bits per heavy atom. The van der Waals surface area contributed by atoms with Gasteiger partial charge >= 0.3 is 0 Å². The maximum atomic E-state index is 9.85. The van der Waals surface area contributed by atoms with Gasteiger partial charge in [0.05, 0.1) is 17.1 Å². The van der Waals surface area contributed by atoms with E-state index in [2.05, 4.69) is 54.3 Å². The van der Waals surface area contributed by atoms with E-state index in [0.717, 1.165) is 17.7 Å². The molecule has 0 amide bonds. The van der Waals surface area contributed by atoms with Crippen molar-refractivity contribution in [1.82, 2.24) is 9.78 Å². The molecule has 0 spiro atoms. The molecule has 1 aromatic carbocycles. The Morgan fingerprint density at radius 2 is 2.09 bits per heavy atom. The summed E-state index contributed by atoms with van der Waals surface area (Å²) in [5.41, 5.74) is 6.63. The second-order valence-electron chi connectivity index (χ2n) is 5.72. The van der Waals surface area contributed by atoms with E-state index < -0.39 is 0 Å². The summed E-state index contributed by atoms with van der Waals surface area (Å²) < 4.78 is 2.00. The third kappa shape index (κ3) is 1.99. The van der Waals surface area contributed by atoms with E-state index in [-0.39, 0.29) is 5.76 Å². The van der Waals surface area contributed by atoms with Crippen molar-refractivity contribution in [2.24, 2.45) is 0 Å². The number of hydrogen-bond donors (Lipinski definition) is 1. The highest BCUT2D eigenvalue weighted by Crippen LogP contribution is 2.43. The first-order valence-corrected chi connectivity index (χ1v) is 8.11. The molecule has 2 heterocycles. The molecule has 4 rings (SSSR count). The first-order valence-electron chi connectivity index (χ1n) is 7.23. The molecule has 3 nitrogen and oxygen atoms in total. The molecular formula is C18H16N2OS. The largest absolute Gasteiger partial charge is 0.506 e. The van der Waals surface area contributed by atoms with Gasteiger partial charge in [-0.25, -0.2) is 0 Å². The van der Waals surface area contributed by atoms with Gasteiger partial charge in [0, 0.05) is 12.0 Å². The fraction of sp³-hybridized carbons (Fsp3) is 0.167. The molecule has 0 saturated carbocycles. The molecule has 2 aromatic heterocycles. The Bertz CT molecular complexity index is 871. The number of aromatic nitrogens is 2. The summed E-state index contributed by atoms with van der Waals surface area (Å²) in [4.78, 5) is 1.27. The van der Waals surface area contributed by atoms with E-state index >= 15 is 0 Å². The average molecular weight is 308 g/mol. The van der Waals surface area contributed by atoms with Crippen molar-refractivity contribution >= 4 is 17.1 Å². The number of aliphatic hydroxyl groups is 1. The fourth-order valence-corrected chi connectivity index (χ4v) is 4.01. The molecule has 1 N–H and O–H groups in total. The highest BCUT2D eigenvalue weighted by molar-refractivity contribution is 7.13. The Balaban J connectivity index is 1.82. The predicted molar refractivity (Wildman–Crippen MR) is 90.3 cm³/mol. The quantitative estimate of drug-likeness (QED) is 0.570. The lowest BCUT2D eigenvalue weighted by Crippen LogP contribution is -2.04. The number of aliphatic hydroxyl groups excluding tert-OH is 1. The van der Waals surface area contributed by atoms with Crippen LogP contribution in [0.15, 0.2) is 42.3 Å². The summed E-state index contributed by atoms with van der Waals surface area (Å²) in [6.45, 7) is 6.45. The first kappa shape index (κ1) is 13.3. The summed E-state index contributed by atoms with van der Waals surface area (Å²) in [5.74, 6) is 0.0501. The van der Waals surface area contributed by atoms with Crippen LogP contribution >= 0.6 is 11.3 Å². The van der Waals surface area contributed by atoms with E-state index in [0.29, 0.717) is 12.2 Å². The molecule has 0 unspecified atom stereocenters. The highest BCUT2D eigenvalue weighted by Gasteiger charge is 2.29. The minimum absolute atomic E-state index is 0.0501. The van der Waals surface area contributed by atoms with Gasteiger partial charge in [-0.15, -0.1) is 11.3 Å². The van der Waals surface area contributed by atoms with Gasteiger partial charge in [-0.05, 0) is 29.5 Å². The van der Waals surface area contributed by atoms with Crippen LogP contribution in [0.4, 0.5) is 0 Å². The summed E-state index contributed by atoms with van der Waals surface area (Å²) in [6.07, 6.45) is 0.830. The lowest BCUT2D eigenvalue weighted by molar-refractivity contribution is 0.507. The minimum atomic E-state index is 0.0501. The maximum absolute atomic E-state index is 9.85. The smallest absolute Gasteiger partial charge is 0.136 e. The minimum Gasteiger partial charge on any atom is -0.506 e. The van der Waals surface area contributed by atoms with Crippen molar-refractivity contribution in [3.8, 4) is 10.6 Å². The summed E-state index contributed by atoms with van der Waals surface area (Å²) in [7, 11) is 0. The Kier molecular flexibility index (Phi) is 2.94. The van der Waals surface area contributed by atoms with Gasteiger partial charge in [0.25, 0.3) is 0 Å². The van der Waals surface area contributed by atoms with Gasteiger partial charge in [-0.3, -0.25) is 4.68 Å². The number of thiophene rings is 1. The van der Waals surface area contributed by atoms with Gasteiger partial charge in [-0.1, -0.05) is 36.4 Å². The van der Waals surface area contributed by atoms with Crippen molar-refractivity contribution < 1.29 is 5.11 Å². The van der Waals surface area contributed by atoms with Gasteiger partial charge < -0.3 is 5.11 Å². The molecule has 0 bridgehead atoms. The molecule has 22 heavy (non-hydrogen) atoms. The molecule has 0 aliphatic heterocycles. The van der Waals surface area contributed by atoms with Crippen LogP contribution in [-0.4, -0.2) is 14.9 Å². The molecule has 4 heteroatoms. The number of rotatable bonds is 3. The van der Waals surface area contributed by atoms with Crippen molar-refractivity contribution in [3.63, 3.8) is 0 Å². The van der Waals surface area contributed by atoms with Crippen molar-refractivity contribution in [1.29, 1.82) is 0 Å². The molecule has 110 valence electrons. The Labute approximate surface area is 133 Å². The first-order chi connectivity index (χ1) is 10.6. The Morgan fingerprint density at radius 1 is 1.32 bits per heavy atom. The molecule has 1 aliphatic rings. The van der Waals surface area contributed by atoms with Crippen molar-refractivity contribution in [2.75, 3.05) is 0 Å². The molecule has 1 aliphatic carbocycles. The SMILES string of the molecule is C=C(O)c1nn(Cc2ccc(C)cc2)c2c1Cc1ccsc1-2. The molecule has 0 radical (unpaired) electrons. The van der Waals surface area contributed by atoms with Crippen LogP contribution in [0.3, 0.4) is 0 Å². The van der Waals surface area contributed by atoms with Gasteiger partial charge in [0.2, 0.25) is 0 Å². The van der Waals surface area contributed by atoms with Crippen LogP contribution < -0.4 is 0 Å². The molecular weight excluding hydrogens is 292 g/mol. The van der Waals surface area contributed by atoms with Gasteiger partial charge in [0.1, 0.15) is 11.5 Å². The second kappa shape index (κ2) is 4.85. The molecule has 0 saturated heterocycles. The highest BCUT2D eigenvalue weighted by atomic mass is 32.1. The van der Waals surface area contributed by atoms with E-state index in [1.54, 1.807) is 11.3 Å². The summed E-state index contributed by atoms with van der Waals surface area (Å²) >= 11 is 1.73. The van der Waals surface area contributed by atoms with E-state index in [9.17, 15) is 5.11 Å². The number of nitrogens with zero attached hydrogens (tertiary/aromatic N) is 2. The summed E-state index contributed by atoms with van der Waals surface area (Å²) in [5, 5.41) is 16.6. The van der Waals surface area contributed by atoms with Gasteiger partial charge in [0.15, 0.2) is 0 Å². The topological polar surface area (TPSA) is 38.1 Å². The zero-order valence-corrected chi connectivity index (χ0v) is 13.2. The lowest BCUT2D eigenvalue weighted by Gasteiger charge is -2.06. The standard InChI is InChI=1S/C18H16N2OS/c1-11-3-5-13(6-4-11)10-20-17-15(16(19-20)12(2)21)9-14-7-8-22-18(14)17/h3-8,21H,2,9-10H2,1H3. The van der Waals surface area contributed by atoms with E-state index in [1.165, 1.54) is 21.6 Å². The number of benzene rings is 1. The monoisotopic (exact) mass is 308 g/mol. The van der Waals surface area contributed by atoms with Crippen LogP contribution in [0.1, 0.15) is 27.9 Å². The van der Waals surface area contributed by atoms with Crippen LogP contribution in [0.5, 0.6) is 0 Å². The third-order valence-electron chi connectivity index (χ3n) is 4.11. The lowest BCUT2D eigenvalue weighted by atomic mass is 10.1. The molecule has 0 fully saturated rings. The van der Waals surface area contributed by atoms with Crippen LogP contribution in [0.25, 0.3) is 16.3 Å².